The van der Waals surface area contributed by atoms with E-state index in [4.69, 9.17) is 0 Å². The molecule has 6 aromatic rings. The molecule has 580 valence electrons. The summed E-state index contributed by atoms with van der Waals surface area (Å²) in [5, 5.41) is 73.1. The number of nitrogens with zero attached hydrogens (tertiary/aromatic N) is 9. The van der Waals surface area contributed by atoms with Crippen molar-refractivity contribution < 1.29 is 42.3 Å². The molecule has 1 saturated carbocycles. The van der Waals surface area contributed by atoms with Crippen LogP contribution in [-0.4, -0.2) is 223 Å². The molecule has 18 nitrogen and oxygen atoms in total. The Bertz CT molecular complexity index is 3300. The first kappa shape index (κ1) is 88.9. The average Bonchev–Trinajstić information content (AvgIpc) is 0.825. The summed E-state index contributed by atoms with van der Waals surface area (Å²) in [6.45, 7) is 19.3. The number of rotatable bonds is 34. The Kier molecular flexibility index (Phi) is 33.8. The quantitative estimate of drug-likeness (QED) is 0.0278. The van der Waals surface area contributed by atoms with Gasteiger partial charge in [0.2, 0.25) is 17.7 Å². The van der Waals surface area contributed by atoms with Crippen molar-refractivity contribution in [1.82, 2.24) is 14.7 Å². The maximum absolute atomic E-state index is 13.8. The molecule has 1 unspecified atom stereocenters. The lowest BCUT2D eigenvalue weighted by molar-refractivity contribution is -0.842. The molecule has 1 aliphatic carbocycles. The summed E-state index contributed by atoms with van der Waals surface area (Å²) < 4.78 is -2.78. The highest BCUT2D eigenvalue weighted by Gasteiger charge is 2.31. The minimum absolute atomic E-state index is 0.0355. The molecule has 0 aromatic heterocycles. The van der Waals surface area contributed by atoms with Crippen molar-refractivity contribution in [2.45, 2.75) is 142 Å². The van der Waals surface area contributed by atoms with E-state index in [0.29, 0.717) is 70.6 Å². The van der Waals surface area contributed by atoms with Gasteiger partial charge in [-0.2, -0.15) is 0 Å². The minimum atomic E-state index is -0.495. The molecular formula is C87H133N9O9. The van der Waals surface area contributed by atoms with Crippen LogP contribution < -0.4 is 0 Å². The van der Waals surface area contributed by atoms with E-state index in [1.54, 1.807) is 99.3 Å². The molecule has 0 aliphatic heterocycles. The van der Waals surface area contributed by atoms with E-state index in [2.05, 4.69) is 170 Å². The number of carbonyl (C=O) groups is 3. The predicted octanol–water partition coefficient (Wildman–Crippen LogP) is 16.0. The summed E-state index contributed by atoms with van der Waals surface area (Å²) in [5.41, 5.74) is 11.4. The molecule has 0 spiro atoms. The number of quaternary nitrogens is 6. The molecule has 0 radical (unpaired) electrons. The molecule has 1 fully saturated rings. The fourth-order valence-corrected chi connectivity index (χ4v) is 13.2. The fourth-order valence-electron chi connectivity index (χ4n) is 13.2. The van der Waals surface area contributed by atoms with Crippen molar-refractivity contribution in [3.8, 4) is 22.3 Å². The van der Waals surface area contributed by atoms with Gasteiger partial charge < -0.3 is 73.8 Å². The van der Waals surface area contributed by atoms with Crippen LogP contribution >= 0.6 is 0 Å². The highest BCUT2D eigenvalue weighted by Crippen LogP contribution is 2.37. The van der Waals surface area contributed by atoms with Crippen LogP contribution in [0.4, 0.5) is 0 Å². The average molecular weight is 1450 g/mol. The summed E-state index contributed by atoms with van der Waals surface area (Å²) in [6.07, 6.45) is 10.9. The second kappa shape index (κ2) is 39.9. The molecule has 0 bridgehead atoms. The second-order valence-corrected chi connectivity index (χ2v) is 34.7. The third-order valence-electron chi connectivity index (χ3n) is 20.1. The lowest BCUT2D eigenvalue weighted by Gasteiger charge is -2.39. The summed E-state index contributed by atoms with van der Waals surface area (Å²) in [4.78, 5) is 45.8. The second-order valence-electron chi connectivity index (χ2n) is 34.7. The number of unbranched alkanes of at least 4 members (excludes halogenated alkanes) is 1. The van der Waals surface area contributed by atoms with Crippen molar-refractivity contribution in [2.24, 2.45) is 11.8 Å². The number of carbonyl (C=O) groups excluding carboxylic acids is 3. The molecule has 0 saturated heterocycles. The zero-order valence-electron chi connectivity index (χ0n) is 67.8. The van der Waals surface area contributed by atoms with Crippen LogP contribution in [0.2, 0.25) is 0 Å². The first-order valence-electron chi connectivity index (χ1n) is 38.4. The van der Waals surface area contributed by atoms with Gasteiger partial charge in [0.05, 0.1) is 163 Å². The highest BCUT2D eigenvalue weighted by atomic mass is 16.6. The minimum Gasteiger partial charge on any atom is -0.633 e. The van der Waals surface area contributed by atoms with E-state index in [0.717, 1.165) is 57.3 Å². The first-order valence-corrected chi connectivity index (χ1v) is 38.4. The standard InChI is InChI=1S/C35H41N3O3.C31H49N3O3.C21H43N3O3/c1-37(2,40)25-23-36(24-26-38(3,4)41)35(39)27-34(32-19-15-30(16-20-32)28-11-7-5-8-12-28)33-21-17-31(18-22-33)29-13-9-6-10-14-29;1-30(2,3)26-15-11-24(12-16-26)28(25-13-17-27(18-14-25)31(4,5)6)23-29(35)32(19-21-33(7,8)36)20-22-34(9,10)37;1-6-7-11-20(19-12-9-8-10-13-19)18-21(25)22(14-16-23(2,3)26)15-17-24(4,5)27/h5-22,34H,23-27H2,1-4H3;11-18,28H,19-23H2,1-10H3;19-20H,6-18H2,1-5H3. The predicted molar refractivity (Wildman–Crippen MR) is 433 cm³/mol. The molecule has 7 rings (SSSR count). The molecule has 6 aromatic carbocycles. The van der Waals surface area contributed by atoms with Crippen LogP contribution in [0.15, 0.2) is 158 Å². The third-order valence-corrected chi connectivity index (χ3v) is 20.1. The Morgan fingerprint density at radius 1 is 0.362 bits per heavy atom. The van der Waals surface area contributed by atoms with Gasteiger partial charge in [-0.25, -0.2) is 0 Å². The Balaban J connectivity index is 0.000000289. The van der Waals surface area contributed by atoms with Crippen LogP contribution in [0.5, 0.6) is 0 Å². The zero-order valence-corrected chi connectivity index (χ0v) is 67.8. The third kappa shape index (κ3) is 33.9. The number of amides is 3. The topological polar surface area (TPSA) is 199 Å². The molecule has 18 heteroatoms. The summed E-state index contributed by atoms with van der Waals surface area (Å²) in [6, 6.07) is 54.4. The number of hydroxylamine groups is 18. The van der Waals surface area contributed by atoms with Gasteiger partial charge in [-0.3, -0.25) is 14.4 Å². The maximum Gasteiger partial charge on any atom is 0.223 e. The van der Waals surface area contributed by atoms with Crippen molar-refractivity contribution in [3.05, 3.63) is 222 Å². The smallest absolute Gasteiger partial charge is 0.223 e. The van der Waals surface area contributed by atoms with Gasteiger partial charge in [0.1, 0.15) is 0 Å². The Morgan fingerprint density at radius 2 is 0.610 bits per heavy atom. The van der Waals surface area contributed by atoms with Gasteiger partial charge >= 0.3 is 0 Å². The monoisotopic (exact) mass is 1450 g/mol. The largest absolute Gasteiger partial charge is 0.633 e. The van der Waals surface area contributed by atoms with Crippen molar-refractivity contribution in [2.75, 3.05) is 163 Å². The fraction of sp³-hybridized carbons (Fsp3) is 0.552. The number of hydrogen-bond acceptors (Lipinski definition) is 9. The van der Waals surface area contributed by atoms with Gasteiger partial charge in [0.25, 0.3) is 0 Å². The lowest BCUT2D eigenvalue weighted by atomic mass is 9.76. The van der Waals surface area contributed by atoms with Crippen molar-refractivity contribution >= 4 is 17.7 Å². The number of hydrogen-bond donors (Lipinski definition) is 0. The molecule has 1 atom stereocenters. The van der Waals surface area contributed by atoms with E-state index in [1.165, 1.54) is 49.7 Å². The Hall–Kier alpha value is -6.75. The Morgan fingerprint density at radius 3 is 0.857 bits per heavy atom. The Labute approximate surface area is 632 Å². The first-order chi connectivity index (χ1) is 48.8. The van der Waals surface area contributed by atoms with Crippen LogP contribution in [0, 0.1) is 43.1 Å². The van der Waals surface area contributed by atoms with E-state index in [1.807, 2.05) is 36.4 Å². The van der Waals surface area contributed by atoms with Crippen LogP contribution in [-0.2, 0) is 25.2 Å². The summed E-state index contributed by atoms with van der Waals surface area (Å²) in [5.74, 6) is 0.845. The van der Waals surface area contributed by atoms with Crippen molar-refractivity contribution in [1.29, 1.82) is 0 Å². The lowest BCUT2D eigenvalue weighted by Crippen LogP contribution is -2.47. The van der Waals surface area contributed by atoms with Gasteiger partial charge in [0.15, 0.2) is 0 Å². The zero-order chi connectivity index (χ0) is 78.2. The van der Waals surface area contributed by atoms with E-state index >= 15 is 0 Å². The van der Waals surface area contributed by atoms with Crippen molar-refractivity contribution in [3.63, 3.8) is 0 Å². The molecule has 0 heterocycles. The molecule has 105 heavy (non-hydrogen) atoms. The van der Waals surface area contributed by atoms with Gasteiger partial charge in [-0.15, -0.1) is 0 Å². The van der Waals surface area contributed by atoms with Crippen LogP contribution in [0.25, 0.3) is 22.3 Å². The molecule has 3 amide bonds. The van der Waals surface area contributed by atoms with E-state index < -0.39 is 27.9 Å². The summed E-state index contributed by atoms with van der Waals surface area (Å²) in [7, 11) is 19.0. The number of benzene rings is 6. The van der Waals surface area contributed by atoms with E-state index in [-0.39, 0.29) is 79.4 Å². The van der Waals surface area contributed by atoms with E-state index in [9.17, 15) is 45.6 Å². The SMILES string of the molecule is CC(C)(C)c1ccc(C(CC(=O)N(CC[N+](C)(C)[O-])CC[N+](C)(C)[O-])c2ccc(C(C)(C)C)cc2)cc1.CCCCC(CC(=O)N(CC[N+](C)(C)[O-])CC[N+](C)(C)[O-])C1CCCCC1.C[N+](C)([O-])CCN(CC[N+](C)(C)[O-])C(=O)CC(c1ccc(-c2ccccc2)cc1)c1ccc(-c2ccccc2)cc1. The molecule has 0 N–H and O–H groups in total. The van der Waals surface area contributed by atoms with Gasteiger partial charge in [-0.05, 0) is 84.7 Å². The normalized spacial score (nSPS) is 13.9. The van der Waals surface area contributed by atoms with Gasteiger partial charge in [0, 0.05) is 31.1 Å². The van der Waals surface area contributed by atoms with Gasteiger partial charge in [-0.1, -0.05) is 251 Å². The highest BCUT2D eigenvalue weighted by molar-refractivity contribution is 5.79. The molecule has 1 aliphatic rings. The maximum atomic E-state index is 13.8. The van der Waals surface area contributed by atoms with Crippen LogP contribution in [0.1, 0.15) is 164 Å². The number of likely N-dealkylation sites (N-methyl/N-ethyl adjacent to an activating group) is 6. The molecular weight excluding hydrogens is 1320 g/mol. The summed E-state index contributed by atoms with van der Waals surface area (Å²) >= 11 is 0. The van der Waals surface area contributed by atoms with Crippen LogP contribution in [0.3, 0.4) is 0 Å².